The van der Waals surface area contributed by atoms with E-state index in [0.29, 0.717) is 0 Å². The Morgan fingerprint density at radius 1 is 1.11 bits per heavy atom. The molecule has 0 spiro atoms. The molecule has 0 aliphatic heterocycles. The average molecular weight is 124 g/mol. The van der Waals surface area contributed by atoms with E-state index in [1.165, 1.54) is 0 Å². The minimum atomic E-state index is 0.953. The van der Waals surface area contributed by atoms with E-state index in [9.17, 15) is 0 Å². The van der Waals surface area contributed by atoms with Gasteiger partial charge in [-0.15, -0.1) is 0 Å². The molecule has 1 aromatic rings. The van der Waals surface area contributed by atoms with Crippen molar-refractivity contribution in [3.8, 4) is 0 Å². The third-order valence-electron chi connectivity index (χ3n) is 1.19. The van der Waals surface area contributed by atoms with Crippen LogP contribution in [0.4, 0.5) is 0 Å². The zero-order valence-corrected chi connectivity index (χ0v) is 5.46. The van der Waals surface area contributed by atoms with Gasteiger partial charge in [0.1, 0.15) is 6.54 Å². The Balaban J connectivity index is 2.61. The molecule has 9 heavy (non-hydrogen) atoms. The van der Waals surface area contributed by atoms with E-state index in [4.69, 9.17) is 0 Å². The van der Waals surface area contributed by atoms with Gasteiger partial charge in [0.25, 0.3) is 0 Å². The molecular weight excluding hydrogens is 112 g/mol. The maximum absolute atomic E-state index is 3.76. The van der Waals surface area contributed by atoms with Crippen molar-refractivity contribution in [3.05, 3.63) is 30.6 Å². The van der Waals surface area contributed by atoms with E-state index in [0.717, 1.165) is 13.1 Å². The number of hydrogen-bond acceptors (Lipinski definition) is 0. The van der Waals surface area contributed by atoms with Crippen molar-refractivity contribution in [1.82, 2.24) is 0 Å². The summed E-state index contributed by atoms with van der Waals surface area (Å²) in [5.41, 5.74) is 3.76. The topological polar surface area (TPSA) is 31.5 Å². The Kier molecular flexibility index (Phi) is 2.22. The highest BCUT2D eigenvalue weighted by atomic mass is 14.9. The molecule has 0 amide bonds. The summed E-state index contributed by atoms with van der Waals surface area (Å²) in [6.07, 6.45) is 4.09. The summed E-state index contributed by atoms with van der Waals surface area (Å²) in [6, 6.07) is 6.06. The predicted molar refractivity (Wildman–Crippen MR) is 34.4 cm³/mol. The third kappa shape index (κ3) is 1.82. The monoisotopic (exact) mass is 124 g/mol. The Morgan fingerprint density at radius 2 is 1.78 bits per heavy atom. The summed E-state index contributed by atoms with van der Waals surface area (Å²) >= 11 is 0. The molecule has 0 saturated carbocycles. The molecule has 0 radical (unpaired) electrons. The molecular formula is C7H12N2+2. The predicted octanol–water partition coefficient (Wildman–Crippen LogP) is -0.784. The number of rotatable bonds is 2. The summed E-state index contributed by atoms with van der Waals surface area (Å²) < 4.78 is 2.12. The first-order valence-corrected chi connectivity index (χ1v) is 3.17. The molecule has 0 atom stereocenters. The van der Waals surface area contributed by atoms with Crippen LogP contribution in [0.25, 0.3) is 0 Å². The second-order valence-corrected chi connectivity index (χ2v) is 1.97. The molecule has 0 aliphatic rings. The highest BCUT2D eigenvalue weighted by Gasteiger charge is 1.92. The molecule has 0 saturated heterocycles. The van der Waals surface area contributed by atoms with Crippen molar-refractivity contribution in [2.75, 3.05) is 6.54 Å². The zero-order chi connectivity index (χ0) is 6.53. The molecule has 0 aromatic carbocycles. The fourth-order valence-corrected chi connectivity index (χ4v) is 0.766. The maximum Gasteiger partial charge on any atom is 0.196 e. The van der Waals surface area contributed by atoms with Crippen molar-refractivity contribution in [2.45, 2.75) is 6.54 Å². The van der Waals surface area contributed by atoms with Crippen molar-refractivity contribution in [1.29, 1.82) is 0 Å². The number of pyridine rings is 1. The molecule has 1 rings (SSSR count). The van der Waals surface area contributed by atoms with Crippen LogP contribution in [-0.2, 0) is 6.54 Å². The van der Waals surface area contributed by atoms with Crippen LogP contribution in [0.1, 0.15) is 0 Å². The van der Waals surface area contributed by atoms with Gasteiger partial charge in [-0.05, 0) is 0 Å². The van der Waals surface area contributed by atoms with Gasteiger partial charge in [0.2, 0.25) is 0 Å². The minimum absolute atomic E-state index is 0.953. The second kappa shape index (κ2) is 3.20. The number of hydrogen-bond donors (Lipinski definition) is 1. The van der Waals surface area contributed by atoms with E-state index in [1.807, 2.05) is 30.6 Å². The highest BCUT2D eigenvalue weighted by Crippen LogP contribution is 1.74. The second-order valence-electron chi connectivity index (χ2n) is 1.97. The van der Waals surface area contributed by atoms with Crippen LogP contribution >= 0.6 is 0 Å². The van der Waals surface area contributed by atoms with Gasteiger partial charge in [0.05, 0.1) is 0 Å². The molecule has 3 N–H and O–H groups in total. The van der Waals surface area contributed by atoms with Gasteiger partial charge in [-0.1, -0.05) is 6.07 Å². The molecule has 0 unspecified atom stereocenters. The summed E-state index contributed by atoms with van der Waals surface area (Å²) in [5.74, 6) is 0. The van der Waals surface area contributed by atoms with Gasteiger partial charge in [0, 0.05) is 12.1 Å². The first-order chi connectivity index (χ1) is 4.43. The van der Waals surface area contributed by atoms with Crippen LogP contribution in [0.3, 0.4) is 0 Å². The molecule has 2 nitrogen and oxygen atoms in total. The van der Waals surface area contributed by atoms with Crippen molar-refractivity contribution >= 4 is 0 Å². The molecule has 1 heterocycles. The fourth-order valence-electron chi connectivity index (χ4n) is 0.766. The van der Waals surface area contributed by atoms with Gasteiger partial charge in [0.15, 0.2) is 18.9 Å². The average Bonchev–Trinajstić information content (AvgIpc) is 1.91. The lowest BCUT2D eigenvalue weighted by atomic mass is 10.5. The van der Waals surface area contributed by atoms with Crippen molar-refractivity contribution in [2.24, 2.45) is 0 Å². The minimum Gasteiger partial charge on any atom is -0.352 e. The van der Waals surface area contributed by atoms with Crippen molar-refractivity contribution in [3.63, 3.8) is 0 Å². The molecule has 48 valence electrons. The van der Waals surface area contributed by atoms with Gasteiger partial charge in [-0.3, -0.25) is 0 Å². The number of aromatic nitrogens is 1. The Labute approximate surface area is 54.9 Å². The van der Waals surface area contributed by atoms with Crippen LogP contribution in [-0.4, -0.2) is 6.54 Å². The SMILES string of the molecule is [NH3+]CC[n+]1ccccc1. The molecule has 0 aliphatic carbocycles. The third-order valence-corrected chi connectivity index (χ3v) is 1.19. The van der Waals surface area contributed by atoms with Crippen molar-refractivity contribution < 1.29 is 10.3 Å². The summed E-state index contributed by atoms with van der Waals surface area (Å²) in [7, 11) is 0. The maximum atomic E-state index is 3.76. The molecule has 2 heteroatoms. The van der Waals surface area contributed by atoms with Gasteiger partial charge < -0.3 is 5.73 Å². The van der Waals surface area contributed by atoms with E-state index in [-0.39, 0.29) is 0 Å². The quantitative estimate of drug-likeness (QED) is 0.501. The molecule has 1 aromatic heterocycles. The van der Waals surface area contributed by atoms with Crippen LogP contribution in [0.15, 0.2) is 30.6 Å². The normalized spacial score (nSPS) is 9.44. The van der Waals surface area contributed by atoms with E-state index < -0.39 is 0 Å². The smallest absolute Gasteiger partial charge is 0.196 e. The highest BCUT2D eigenvalue weighted by molar-refractivity contribution is 4.83. The van der Waals surface area contributed by atoms with Gasteiger partial charge >= 0.3 is 0 Å². The summed E-state index contributed by atoms with van der Waals surface area (Å²) in [6.45, 7) is 1.97. The Hall–Kier alpha value is -0.890. The lowest BCUT2D eigenvalue weighted by Crippen LogP contribution is -2.56. The standard InChI is InChI=1S/C7H11N2/c8-4-7-9-5-2-1-3-6-9/h1-3,5-6H,4,7-8H2/q+1/p+1. The fraction of sp³-hybridized carbons (Fsp3) is 0.286. The summed E-state index contributed by atoms with van der Waals surface area (Å²) in [5, 5.41) is 0. The van der Waals surface area contributed by atoms with Gasteiger partial charge in [-0.2, -0.15) is 4.57 Å². The van der Waals surface area contributed by atoms with E-state index in [1.54, 1.807) is 0 Å². The Bertz CT molecular complexity index is 160. The Morgan fingerprint density at radius 3 is 2.33 bits per heavy atom. The first kappa shape index (κ1) is 6.23. The zero-order valence-electron chi connectivity index (χ0n) is 5.46. The largest absolute Gasteiger partial charge is 0.352 e. The van der Waals surface area contributed by atoms with Crippen LogP contribution in [0.5, 0.6) is 0 Å². The molecule has 0 bridgehead atoms. The number of nitrogens with zero attached hydrogens (tertiary/aromatic N) is 1. The van der Waals surface area contributed by atoms with Crippen LogP contribution < -0.4 is 10.3 Å². The van der Waals surface area contributed by atoms with Gasteiger partial charge in [-0.25, -0.2) is 0 Å². The van der Waals surface area contributed by atoms with Crippen LogP contribution in [0.2, 0.25) is 0 Å². The first-order valence-electron chi connectivity index (χ1n) is 3.17. The van der Waals surface area contributed by atoms with E-state index >= 15 is 0 Å². The number of quaternary nitrogens is 1. The molecule has 0 fully saturated rings. The lowest BCUT2D eigenvalue weighted by Gasteiger charge is -1.87. The van der Waals surface area contributed by atoms with Crippen LogP contribution in [0, 0.1) is 0 Å². The van der Waals surface area contributed by atoms with E-state index in [2.05, 4.69) is 10.3 Å². The lowest BCUT2D eigenvalue weighted by molar-refractivity contribution is -0.711. The summed E-state index contributed by atoms with van der Waals surface area (Å²) in [4.78, 5) is 0.